The zero-order valence-corrected chi connectivity index (χ0v) is 17.6. The van der Waals surface area contributed by atoms with Gasteiger partial charge in [-0.2, -0.15) is 0 Å². The lowest BCUT2D eigenvalue weighted by molar-refractivity contribution is -0.109. The number of amides is 1. The molecular formula is C23H22ClN5O2. The number of nitrogens with zero attached hydrogens (tertiary/aromatic N) is 4. The summed E-state index contributed by atoms with van der Waals surface area (Å²) in [5, 5.41) is 3.85. The van der Waals surface area contributed by atoms with Crippen LogP contribution in [0.1, 0.15) is 10.4 Å². The van der Waals surface area contributed by atoms with Gasteiger partial charge in [-0.1, -0.05) is 23.7 Å². The van der Waals surface area contributed by atoms with Crippen molar-refractivity contribution in [2.75, 3.05) is 38.0 Å². The molecule has 8 heteroatoms. The Morgan fingerprint density at radius 1 is 1.00 bits per heavy atom. The molecule has 3 aromatic rings. The highest BCUT2D eigenvalue weighted by Gasteiger charge is 2.21. The molecule has 1 aliphatic rings. The second kappa shape index (κ2) is 9.68. The van der Waals surface area contributed by atoms with Gasteiger partial charge in [0.15, 0.2) is 0 Å². The Hall–Kier alpha value is -3.29. The minimum atomic E-state index is -0.00158. The number of nitrogens with one attached hydrogen (secondary N) is 1. The number of aromatic nitrogens is 2. The van der Waals surface area contributed by atoms with Gasteiger partial charge in [0.2, 0.25) is 5.95 Å². The zero-order chi connectivity index (χ0) is 21.6. The van der Waals surface area contributed by atoms with Gasteiger partial charge in [0.25, 0.3) is 5.91 Å². The van der Waals surface area contributed by atoms with Crippen LogP contribution >= 0.6 is 11.6 Å². The van der Waals surface area contributed by atoms with Gasteiger partial charge >= 0.3 is 0 Å². The highest BCUT2D eigenvalue weighted by Crippen LogP contribution is 2.22. The topological polar surface area (TPSA) is 78.4 Å². The molecule has 0 atom stereocenters. The average molecular weight is 436 g/mol. The summed E-state index contributed by atoms with van der Waals surface area (Å²) in [6, 6.07) is 16.6. The lowest BCUT2D eigenvalue weighted by atomic mass is 10.1. The van der Waals surface area contributed by atoms with E-state index in [-0.39, 0.29) is 5.91 Å². The van der Waals surface area contributed by atoms with Gasteiger partial charge in [-0.3, -0.25) is 9.69 Å². The van der Waals surface area contributed by atoms with Crippen molar-refractivity contribution in [1.82, 2.24) is 19.8 Å². The monoisotopic (exact) mass is 435 g/mol. The van der Waals surface area contributed by atoms with Crippen molar-refractivity contribution >= 4 is 35.4 Å². The van der Waals surface area contributed by atoms with Crippen molar-refractivity contribution in [1.29, 1.82) is 0 Å². The second-order valence-corrected chi connectivity index (χ2v) is 7.67. The molecule has 4 rings (SSSR count). The number of rotatable bonds is 6. The van der Waals surface area contributed by atoms with Crippen molar-refractivity contribution in [3.8, 4) is 11.3 Å². The zero-order valence-electron chi connectivity index (χ0n) is 16.9. The van der Waals surface area contributed by atoms with Crippen LogP contribution in [0.15, 0.2) is 60.8 Å². The van der Waals surface area contributed by atoms with Crippen molar-refractivity contribution < 1.29 is 9.59 Å². The SMILES string of the molecule is O=CCN1CCN(C(=O)c2ccc(Nc3nccc(-c4ccc(Cl)cc4)n3)cc2)CC1. The van der Waals surface area contributed by atoms with E-state index in [4.69, 9.17) is 11.6 Å². The molecule has 1 aliphatic heterocycles. The third-order valence-corrected chi connectivity index (χ3v) is 5.43. The van der Waals surface area contributed by atoms with Gasteiger partial charge in [-0.05, 0) is 42.5 Å². The molecule has 1 N–H and O–H groups in total. The van der Waals surface area contributed by atoms with Crippen LogP contribution in [0.4, 0.5) is 11.6 Å². The number of carbonyl (C=O) groups excluding carboxylic acids is 2. The number of aldehydes is 1. The first kappa shape index (κ1) is 21.0. The van der Waals surface area contributed by atoms with Crippen LogP contribution < -0.4 is 5.32 Å². The summed E-state index contributed by atoms with van der Waals surface area (Å²) in [5.74, 6) is 0.469. The summed E-state index contributed by atoms with van der Waals surface area (Å²) in [5.41, 5.74) is 3.16. The van der Waals surface area contributed by atoms with Crippen molar-refractivity contribution in [2.45, 2.75) is 0 Å². The molecule has 0 aliphatic carbocycles. The quantitative estimate of drug-likeness (QED) is 0.597. The van der Waals surface area contributed by atoms with E-state index in [1.807, 2.05) is 52.3 Å². The number of halogens is 1. The van der Waals surface area contributed by atoms with Crippen LogP contribution in [0.2, 0.25) is 5.02 Å². The van der Waals surface area contributed by atoms with Crippen LogP contribution in [-0.2, 0) is 4.79 Å². The molecule has 0 radical (unpaired) electrons. The third kappa shape index (κ3) is 5.25. The summed E-state index contributed by atoms with van der Waals surface area (Å²) in [6.07, 6.45) is 2.60. The standard InChI is InChI=1S/C23H22ClN5O2/c24-19-5-1-17(2-6-19)21-9-10-25-23(27-21)26-20-7-3-18(4-8-20)22(31)29-13-11-28(12-14-29)15-16-30/h1-10,16H,11-15H2,(H,25,26,27). The molecule has 0 saturated carbocycles. The first-order chi connectivity index (χ1) is 15.1. The molecular weight excluding hydrogens is 414 g/mol. The lowest BCUT2D eigenvalue weighted by Crippen LogP contribution is -2.49. The number of hydrogen-bond acceptors (Lipinski definition) is 6. The lowest BCUT2D eigenvalue weighted by Gasteiger charge is -2.33. The van der Waals surface area contributed by atoms with Gasteiger partial charge < -0.3 is 15.0 Å². The fraction of sp³-hybridized carbons (Fsp3) is 0.217. The summed E-state index contributed by atoms with van der Waals surface area (Å²) >= 11 is 5.95. The molecule has 1 fully saturated rings. The van der Waals surface area contributed by atoms with E-state index in [0.717, 1.165) is 23.2 Å². The smallest absolute Gasteiger partial charge is 0.253 e. The molecule has 2 heterocycles. The number of piperazine rings is 1. The fourth-order valence-electron chi connectivity index (χ4n) is 3.45. The van der Waals surface area contributed by atoms with E-state index >= 15 is 0 Å². The normalized spacial score (nSPS) is 14.3. The van der Waals surface area contributed by atoms with Crippen molar-refractivity contribution in [3.05, 3.63) is 71.4 Å². The summed E-state index contributed by atoms with van der Waals surface area (Å²) < 4.78 is 0. The van der Waals surface area contributed by atoms with Gasteiger partial charge in [0.05, 0.1) is 12.2 Å². The van der Waals surface area contributed by atoms with Gasteiger partial charge in [-0.25, -0.2) is 9.97 Å². The van der Waals surface area contributed by atoms with E-state index in [1.165, 1.54) is 0 Å². The van der Waals surface area contributed by atoms with E-state index in [2.05, 4.69) is 15.3 Å². The maximum absolute atomic E-state index is 12.7. The van der Waals surface area contributed by atoms with Crippen LogP contribution in [0, 0.1) is 0 Å². The number of anilines is 2. The highest BCUT2D eigenvalue weighted by atomic mass is 35.5. The number of benzene rings is 2. The molecule has 0 bridgehead atoms. The maximum Gasteiger partial charge on any atom is 0.253 e. The second-order valence-electron chi connectivity index (χ2n) is 7.23. The van der Waals surface area contributed by atoms with Gasteiger partial charge in [0.1, 0.15) is 6.29 Å². The van der Waals surface area contributed by atoms with Crippen LogP contribution in [0.5, 0.6) is 0 Å². The van der Waals surface area contributed by atoms with Crippen LogP contribution in [-0.4, -0.2) is 64.7 Å². The number of hydrogen-bond donors (Lipinski definition) is 1. The van der Waals surface area contributed by atoms with Crippen molar-refractivity contribution in [2.24, 2.45) is 0 Å². The largest absolute Gasteiger partial charge is 0.336 e. The highest BCUT2D eigenvalue weighted by molar-refractivity contribution is 6.30. The Balaban J connectivity index is 1.40. The Morgan fingerprint density at radius 2 is 1.71 bits per heavy atom. The Labute approximate surface area is 185 Å². The summed E-state index contributed by atoms with van der Waals surface area (Å²) in [4.78, 5) is 36.1. The first-order valence-corrected chi connectivity index (χ1v) is 10.4. The van der Waals surface area contributed by atoms with Crippen LogP contribution in [0.3, 0.4) is 0 Å². The molecule has 1 saturated heterocycles. The molecule has 2 aromatic carbocycles. The van der Waals surface area contributed by atoms with E-state index < -0.39 is 0 Å². The molecule has 158 valence electrons. The third-order valence-electron chi connectivity index (χ3n) is 5.18. The maximum atomic E-state index is 12.7. The Morgan fingerprint density at radius 3 is 2.39 bits per heavy atom. The molecule has 7 nitrogen and oxygen atoms in total. The molecule has 1 aromatic heterocycles. The van der Waals surface area contributed by atoms with Gasteiger partial charge in [0, 0.05) is 54.2 Å². The fourth-order valence-corrected chi connectivity index (χ4v) is 3.57. The summed E-state index contributed by atoms with van der Waals surface area (Å²) in [6.45, 7) is 3.09. The molecule has 31 heavy (non-hydrogen) atoms. The van der Waals surface area contributed by atoms with Gasteiger partial charge in [-0.15, -0.1) is 0 Å². The summed E-state index contributed by atoms with van der Waals surface area (Å²) in [7, 11) is 0. The predicted molar refractivity (Wildman–Crippen MR) is 121 cm³/mol. The minimum absolute atomic E-state index is 0.00158. The van der Waals surface area contributed by atoms with E-state index in [1.54, 1.807) is 18.3 Å². The Bertz CT molecular complexity index is 1050. The first-order valence-electron chi connectivity index (χ1n) is 10.0. The predicted octanol–water partition coefficient (Wildman–Crippen LogP) is 3.50. The number of carbonyl (C=O) groups is 2. The molecule has 0 unspecified atom stereocenters. The van der Waals surface area contributed by atoms with Crippen LogP contribution in [0.25, 0.3) is 11.3 Å². The average Bonchev–Trinajstić information content (AvgIpc) is 2.81. The van der Waals surface area contributed by atoms with E-state index in [9.17, 15) is 9.59 Å². The minimum Gasteiger partial charge on any atom is -0.336 e. The Kier molecular flexibility index (Phi) is 6.54. The van der Waals surface area contributed by atoms with E-state index in [0.29, 0.717) is 49.3 Å². The molecule has 0 spiro atoms. The molecule has 1 amide bonds. The van der Waals surface area contributed by atoms with Crippen molar-refractivity contribution in [3.63, 3.8) is 0 Å².